The van der Waals surface area contributed by atoms with Gasteiger partial charge in [0.25, 0.3) is 0 Å². The summed E-state index contributed by atoms with van der Waals surface area (Å²) in [6.45, 7) is 7.64. The van der Waals surface area contributed by atoms with Crippen LogP contribution in [0.25, 0.3) is 0 Å². The molecule has 0 saturated heterocycles. The van der Waals surface area contributed by atoms with Crippen LogP contribution in [0.4, 0.5) is 0 Å². The molecule has 1 fully saturated rings. The third-order valence-electron chi connectivity index (χ3n) is 4.97. The number of rotatable bonds is 6. The van der Waals surface area contributed by atoms with Gasteiger partial charge in [-0.3, -0.25) is 4.79 Å². The van der Waals surface area contributed by atoms with Gasteiger partial charge in [-0.05, 0) is 57.8 Å². The highest BCUT2D eigenvalue weighted by Crippen LogP contribution is 2.44. The Labute approximate surface area is 122 Å². The van der Waals surface area contributed by atoms with E-state index in [0.717, 1.165) is 12.8 Å². The van der Waals surface area contributed by atoms with Crippen molar-refractivity contribution < 1.29 is 18.3 Å². The number of carboxylic acid groups (broad SMARTS) is 1. The molecule has 0 amide bonds. The van der Waals surface area contributed by atoms with Gasteiger partial charge in [-0.25, -0.2) is 8.42 Å². The van der Waals surface area contributed by atoms with Crippen LogP contribution in [0, 0.1) is 17.3 Å². The van der Waals surface area contributed by atoms with Gasteiger partial charge in [-0.15, -0.1) is 0 Å². The summed E-state index contributed by atoms with van der Waals surface area (Å²) in [5.74, 6) is 0.313. The SMILES string of the molecule is CC(C)C1CCC(CCS(=O)(=O)C(C)C)(C(=O)O)CC1. The molecule has 118 valence electrons. The van der Waals surface area contributed by atoms with Crippen molar-refractivity contribution >= 4 is 15.8 Å². The maximum atomic E-state index is 11.9. The molecule has 5 heteroatoms. The Morgan fingerprint density at radius 1 is 1.20 bits per heavy atom. The predicted octanol–water partition coefficient (Wildman–Crippen LogP) is 3.12. The molecule has 1 saturated carbocycles. The van der Waals surface area contributed by atoms with Gasteiger partial charge in [0.05, 0.1) is 16.4 Å². The zero-order valence-corrected chi connectivity index (χ0v) is 13.9. The fourth-order valence-corrected chi connectivity index (χ4v) is 4.15. The van der Waals surface area contributed by atoms with E-state index >= 15 is 0 Å². The van der Waals surface area contributed by atoms with Gasteiger partial charge in [0.15, 0.2) is 9.84 Å². The van der Waals surface area contributed by atoms with Crippen molar-refractivity contribution in [3.05, 3.63) is 0 Å². The van der Waals surface area contributed by atoms with Crippen LogP contribution in [0.1, 0.15) is 59.8 Å². The van der Waals surface area contributed by atoms with Gasteiger partial charge < -0.3 is 5.11 Å². The van der Waals surface area contributed by atoms with Crippen molar-refractivity contribution in [2.24, 2.45) is 17.3 Å². The maximum Gasteiger partial charge on any atom is 0.309 e. The van der Waals surface area contributed by atoms with Crippen LogP contribution >= 0.6 is 0 Å². The summed E-state index contributed by atoms with van der Waals surface area (Å²) in [6, 6.07) is 0. The zero-order valence-electron chi connectivity index (χ0n) is 13.1. The summed E-state index contributed by atoms with van der Waals surface area (Å²) >= 11 is 0. The Kier molecular flexibility index (Phi) is 5.64. The van der Waals surface area contributed by atoms with Crippen molar-refractivity contribution in [3.63, 3.8) is 0 Å². The first kappa shape index (κ1) is 17.5. The van der Waals surface area contributed by atoms with Crippen molar-refractivity contribution in [2.75, 3.05) is 5.75 Å². The minimum atomic E-state index is -3.16. The molecule has 1 rings (SSSR count). The fourth-order valence-electron chi connectivity index (χ4n) is 3.00. The van der Waals surface area contributed by atoms with E-state index in [4.69, 9.17) is 0 Å². The Balaban J connectivity index is 2.74. The summed E-state index contributed by atoms with van der Waals surface area (Å²) in [6.07, 6.45) is 3.27. The van der Waals surface area contributed by atoms with Gasteiger partial charge in [0.1, 0.15) is 0 Å². The lowest BCUT2D eigenvalue weighted by molar-refractivity contribution is -0.152. The summed E-state index contributed by atoms with van der Waals surface area (Å²) < 4.78 is 23.8. The van der Waals surface area contributed by atoms with Crippen molar-refractivity contribution in [1.82, 2.24) is 0 Å². The van der Waals surface area contributed by atoms with Crippen LogP contribution < -0.4 is 0 Å². The van der Waals surface area contributed by atoms with Gasteiger partial charge in [0.2, 0.25) is 0 Å². The lowest BCUT2D eigenvalue weighted by Crippen LogP contribution is -2.38. The first-order chi connectivity index (χ1) is 9.11. The fraction of sp³-hybridized carbons (Fsp3) is 0.933. The monoisotopic (exact) mass is 304 g/mol. The molecule has 0 aromatic rings. The van der Waals surface area contributed by atoms with Crippen LogP contribution in [0.2, 0.25) is 0 Å². The largest absolute Gasteiger partial charge is 0.481 e. The minimum absolute atomic E-state index is 0.0106. The molecule has 0 unspecified atom stereocenters. The number of hydrogen-bond acceptors (Lipinski definition) is 3. The van der Waals surface area contributed by atoms with E-state index < -0.39 is 26.5 Å². The van der Waals surface area contributed by atoms with E-state index in [1.165, 1.54) is 0 Å². The number of hydrogen-bond donors (Lipinski definition) is 1. The third-order valence-corrected chi connectivity index (χ3v) is 7.18. The molecule has 0 atom stereocenters. The molecule has 1 aliphatic rings. The van der Waals surface area contributed by atoms with E-state index in [2.05, 4.69) is 13.8 Å². The average molecular weight is 304 g/mol. The van der Waals surface area contributed by atoms with Crippen LogP contribution in [0.5, 0.6) is 0 Å². The summed E-state index contributed by atoms with van der Waals surface area (Å²) in [5.41, 5.74) is -0.826. The van der Waals surface area contributed by atoms with E-state index in [1.54, 1.807) is 13.8 Å². The van der Waals surface area contributed by atoms with Gasteiger partial charge in [-0.2, -0.15) is 0 Å². The molecule has 4 nitrogen and oxygen atoms in total. The molecule has 0 aliphatic heterocycles. The Morgan fingerprint density at radius 3 is 2.05 bits per heavy atom. The second-order valence-corrected chi connectivity index (χ2v) is 9.51. The Bertz CT molecular complexity index is 429. The normalized spacial score (nSPS) is 28.0. The molecule has 0 spiro atoms. The molecule has 1 aliphatic carbocycles. The van der Waals surface area contributed by atoms with Gasteiger partial charge in [-0.1, -0.05) is 13.8 Å². The van der Waals surface area contributed by atoms with Crippen molar-refractivity contribution in [3.8, 4) is 0 Å². The number of carboxylic acids is 1. The highest BCUT2D eigenvalue weighted by atomic mass is 32.2. The van der Waals surface area contributed by atoms with Crippen LogP contribution in [0.3, 0.4) is 0 Å². The Hall–Kier alpha value is -0.580. The highest BCUT2D eigenvalue weighted by Gasteiger charge is 2.43. The molecule has 20 heavy (non-hydrogen) atoms. The van der Waals surface area contributed by atoms with E-state index in [-0.39, 0.29) is 12.2 Å². The molecule has 1 N–H and O–H groups in total. The first-order valence-corrected chi connectivity index (χ1v) is 9.27. The molecular formula is C15H28O4S. The lowest BCUT2D eigenvalue weighted by atomic mass is 9.67. The lowest BCUT2D eigenvalue weighted by Gasteiger charge is -2.38. The highest BCUT2D eigenvalue weighted by molar-refractivity contribution is 7.91. The first-order valence-electron chi connectivity index (χ1n) is 7.56. The van der Waals surface area contributed by atoms with Crippen molar-refractivity contribution in [1.29, 1.82) is 0 Å². The standard InChI is InChI=1S/C15H28O4S/c1-11(2)13-5-7-15(8-6-13,14(16)17)9-10-20(18,19)12(3)4/h11-13H,5-10H2,1-4H3,(H,16,17). The molecule has 0 aromatic carbocycles. The molecule has 0 radical (unpaired) electrons. The van der Waals surface area contributed by atoms with E-state index in [1.807, 2.05) is 0 Å². The molecule has 0 bridgehead atoms. The summed E-state index contributed by atoms with van der Waals surface area (Å²) in [5, 5.41) is 9.12. The summed E-state index contributed by atoms with van der Waals surface area (Å²) in [4.78, 5) is 11.6. The zero-order chi connectivity index (χ0) is 15.6. The molecule has 0 aromatic heterocycles. The van der Waals surface area contributed by atoms with Gasteiger partial charge >= 0.3 is 5.97 Å². The summed E-state index contributed by atoms with van der Waals surface area (Å²) in [7, 11) is -3.16. The molecule has 0 heterocycles. The predicted molar refractivity (Wildman–Crippen MR) is 80.4 cm³/mol. The van der Waals surface area contributed by atoms with Crippen LogP contribution in [0.15, 0.2) is 0 Å². The second-order valence-electron chi connectivity index (χ2n) is 6.83. The minimum Gasteiger partial charge on any atom is -0.481 e. The van der Waals surface area contributed by atoms with Gasteiger partial charge in [0, 0.05) is 0 Å². The third kappa shape index (κ3) is 3.96. The molecular weight excluding hydrogens is 276 g/mol. The van der Waals surface area contributed by atoms with Crippen molar-refractivity contribution in [2.45, 2.75) is 65.0 Å². The van der Waals surface area contributed by atoms with Crippen LogP contribution in [-0.2, 0) is 14.6 Å². The van der Waals surface area contributed by atoms with Crippen LogP contribution in [-0.4, -0.2) is 30.5 Å². The second kappa shape index (κ2) is 6.46. The Morgan fingerprint density at radius 2 is 1.70 bits per heavy atom. The quantitative estimate of drug-likeness (QED) is 0.818. The number of carbonyl (C=O) groups is 1. The number of sulfone groups is 1. The maximum absolute atomic E-state index is 11.9. The van der Waals surface area contributed by atoms with E-state index in [9.17, 15) is 18.3 Å². The smallest absolute Gasteiger partial charge is 0.309 e. The van der Waals surface area contributed by atoms with E-state index in [0.29, 0.717) is 24.7 Å². The average Bonchev–Trinajstić information content (AvgIpc) is 2.36. The number of aliphatic carboxylic acids is 1. The topological polar surface area (TPSA) is 71.4 Å².